The highest BCUT2D eigenvalue weighted by molar-refractivity contribution is 5.87. The molecule has 1 aliphatic heterocycles. The van der Waals surface area contributed by atoms with Crippen molar-refractivity contribution in [3.05, 3.63) is 83.4 Å². The standard InChI is InChI=1S/C26H28N4O/c1-20(24-8-4-6-23-5-2-3-7-25(23)24)28-26(31)19-30-15-13-29(14-16-30)18-22-11-9-21(17-27)10-12-22/h2-12,20H,13-16,18-19H2,1H3,(H,28,31)/p+2/t20-/m1/s1. The number of quaternary nitrogens is 2. The van der Waals surface area contributed by atoms with Crippen LogP contribution >= 0.6 is 0 Å². The van der Waals surface area contributed by atoms with Gasteiger partial charge < -0.3 is 15.1 Å². The zero-order chi connectivity index (χ0) is 21.6. The van der Waals surface area contributed by atoms with Crippen LogP contribution in [0.25, 0.3) is 10.8 Å². The molecule has 0 bridgehead atoms. The van der Waals surface area contributed by atoms with Crippen molar-refractivity contribution in [3.8, 4) is 6.07 Å². The molecule has 1 amide bonds. The third-order valence-electron chi connectivity index (χ3n) is 6.28. The Balaban J connectivity index is 1.26. The zero-order valence-electron chi connectivity index (χ0n) is 18.0. The number of benzene rings is 3. The average molecular weight is 415 g/mol. The third kappa shape index (κ3) is 5.29. The van der Waals surface area contributed by atoms with E-state index in [1.54, 1.807) is 0 Å². The second-order valence-corrected chi connectivity index (χ2v) is 8.52. The molecule has 3 aromatic rings. The molecule has 5 heteroatoms. The molecule has 0 unspecified atom stereocenters. The summed E-state index contributed by atoms with van der Waals surface area (Å²) >= 11 is 0. The van der Waals surface area contributed by atoms with Crippen molar-refractivity contribution in [1.82, 2.24) is 5.32 Å². The molecule has 31 heavy (non-hydrogen) atoms. The van der Waals surface area contributed by atoms with Crippen LogP contribution in [0.1, 0.15) is 29.7 Å². The number of hydrogen-bond donors (Lipinski definition) is 3. The van der Waals surface area contributed by atoms with E-state index in [4.69, 9.17) is 5.26 Å². The summed E-state index contributed by atoms with van der Waals surface area (Å²) in [4.78, 5) is 15.6. The summed E-state index contributed by atoms with van der Waals surface area (Å²) in [7, 11) is 0. The number of hydrogen-bond acceptors (Lipinski definition) is 2. The largest absolute Gasteiger partial charge is 0.345 e. The molecule has 1 atom stereocenters. The molecule has 1 saturated heterocycles. The Morgan fingerprint density at radius 1 is 0.968 bits per heavy atom. The van der Waals surface area contributed by atoms with Crippen LogP contribution in [0.5, 0.6) is 0 Å². The number of nitrogens with zero attached hydrogens (tertiary/aromatic N) is 1. The highest BCUT2D eigenvalue weighted by Crippen LogP contribution is 2.23. The van der Waals surface area contributed by atoms with Crippen molar-refractivity contribution in [1.29, 1.82) is 5.26 Å². The number of nitrogens with one attached hydrogen (secondary N) is 3. The number of fused-ring (bicyclic) bond motifs is 1. The highest BCUT2D eigenvalue weighted by Gasteiger charge is 2.25. The molecule has 1 heterocycles. The molecular weight excluding hydrogens is 384 g/mol. The van der Waals surface area contributed by atoms with E-state index in [0.717, 1.165) is 38.3 Å². The van der Waals surface area contributed by atoms with Gasteiger partial charge in [0, 0.05) is 5.56 Å². The Bertz CT molecular complexity index is 1070. The summed E-state index contributed by atoms with van der Waals surface area (Å²) in [6, 6.07) is 24.6. The summed E-state index contributed by atoms with van der Waals surface area (Å²) in [5.41, 5.74) is 3.13. The predicted molar refractivity (Wildman–Crippen MR) is 122 cm³/mol. The van der Waals surface area contributed by atoms with Gasteiger partial charge in [-0.3, -0.25) is 4.79 Å². The number of amides is 1. The number of nitriles is 1. The van der Waals surface area contributed by atoms with E-state index < -0.39 is 0 Å². The summed E-state index contributed by atoms with van der Waals surface area (Å²) in [5, 5.41) is 14.5. The van der Waals surface area contributed by atoms with Gasteiger partial charge in [0.25, 0.3) is 5.91 Å². The maximum Gasteiger partial charge on any atom is 0.275 e. The van der Waals surface area contributed by atoms with E-state index in [9.17, 15) is 4.79 Å². The van der Waals surface area contributed by atoms with Crippen molar-refractivity contribution < 1.29 is 14.6 Å². The Morgan fingerprint density at radius 3 is 2.39 bits per heavy atom. The second kappa shape index (κ2) is 9.74. The van der Waals surface area contributed by atoms with Crippen molar-refractivity contribution in [3.63, 3.8) is 0 Å². The van der Waals surface area contributed by atoms with Gasteiger partial charge in [-0.05, 0) is 35.4 Å². The molecule has 158 valence electrons. The van der Waals surface area contributed by atoms with Crippen molar-refractivity contribution in [2.45, 2.75) is 19.5 Å². The molecular formula is C26H30N4O+2. The normalized spacial score (nSPS) is 19.5. The SMILES string of the molecule is C[C@@H](NC(=O)C[NH+]1CC[NH+](Cc2ccc(C#N)cc2)CC1)c1cccc2ccccc12. The van der Waals surface area contributed by atoms with Gasteiger partial charge in [0.2, 0.25) is 0 Å². The average Bonchev–Trinajstić information content (AvgIpc) is 2.80. The van der Waals surface area contributed by atoms with Crippen LogP contribution in [-0.4, -0.2) is 38.6 Å². The lowest BCUT2D eigenvalue weighted by Crippen LogP contribution is -3.28. The molecule has 4 rings (SSSR count). The lowest BCUT2D eigenvalue weighted by molar-refractivity contribution is -1.02. The molecule has 0 spiro atoms. The maximum absolute atomic E-state index is 12.7. The topological polar surface area (TPSA) is 61.8 Å². The minimum atomic E-state index is -0.0127. The first kappa shape index (κ1) is 21.0. The van der Waals surface area contributed by atoms with E-state index in [2.05, 4.69) is 48.6 Å². The highest BCUT2D eigenvalue weighted by atomic mass is 16.2. The van der Waals surface area contributed by atoms with Gasteiger partial charge in [-0.25, -0.2) is 0 Å². The molecule has 3 aromatic carbocycles. The van der Waals surface area contributed by atoms with Crippen molar-refractivity contribution in [2.24, 2.45) is 0 Å². The second-order valence-electron chi connectivity index (χ2n) is 8.52. The van der Waals surface area contributed by atoms with Gasteiger partial charge in [0.15, 0.2) is 6.54 Å². The Morgan fingerprint density at radius 2 is 1.65 bits per heavy atom. The van der Waals surface area contributed by atoms with Crippen molar-refractivity contribution in [2.75, 3.05) is 32.7 Å². The van der Waals surface area contributed by atoms with Gasteiger partial charge in [-0.15, -0.1) is 0 Å². The summed E-state index contributed by atoms with van der Waals surface area (Å²) in [6.07, 6.45) is 0. The smallest absolute Gasteiger partial charge is 0.275 e. The molecule has 0 aliphatic carbocycles. The van der Waals surface area contributed by atoms with Gasteiger partial charge >= 0.3 is 0 Å². The summed E-state index contributed by atoms with van der Waals surface area (Å²) in [5.74, 6) is 0.117. The van der Waals surface area contributed by atoms with Crippen LogP contribution in [0.15, 0.2) is 66.7 Å². The van der Waals surface area contributed by atoms with E-state index in [1.807, 2.05) is 36.4 Å². The fraction of sp³-hybridized carbons (Fsp3) is 0.308. The van der Waals surface area contributed by atoms with Gasteiger partial charge in [0.1, 0.15) is 32.7 Å². The molecule has 1 fully saturated rings. The molecule has 1 aliphatic rings. The number of carbonyl (C=O) groups excluding carboxylic acids is 1. The zero-order valence-corrected chi connectivity index (χ0v) is 18.0. The minimum absolute atomic E-state index is 0.0127. The fourth-order valence-corrected chi connectivity index (χ4v) is 4.52. The molecule has 0 aromatic heterocycles. The van der Waals surface area contributed by atoms with Crippen LogP contribution in [0, 0.1) is 11.3 Å². The van der Waals surface area contributed by atoms with Crippen LogP contribution in [-0.2, 0) is 11.3 Å². The Labute approximate surface area is 183 Å². The van der Waals surface area contributed by atoms with E-state index in [0.29, 0.717) is 12.1 Å². The van der Waals surface area contributed by atoms with Gasteiger partial charge in [0.05, 0.1) is 17.7 Å². The third-order valence-corrected chi connectivity index (χ3v) is 6.28. The molecule has 0 saturated carbocycles. The molecule has 0 radical (unpaired) electrons. The lowest BCUT2D eigenvalue weighted by atomic mass is 10.00. The first-order valence-electron chi connectivity index (χ1n) is 11.1. The van der Waals surface area contributed by atoms with Gasteiger partial charge in [-0.2, -0.15) is 5.26 Å². The Kier molecular flexibility index (Phi) is 6.61. The van der Waals surface area contributed by atoms with Crippen LogP contribution in [0.3, 0.4) is 0 Å². The van der Waals surface area contributed by atoms with Crippen molar-refractivity contribution >= 4 is 16.7 Å². The molecule has 5 nitrogen and oxygen atoms in total. The van der Waals surface area contributed by atoms with E-state index in [1.165, 1.54) is 26.1 Å². The minimum Gasteiger partial charge on any atom is -0.345 e. The summed E-state index contributed by atoms with van der Waals surface area (Å²) in [6.45, 7) is 7.68. The fourth-order valence-electron chi connectivity index (χ4n) is 4.52. The van der Waals surface area contributed by atoms with Gasteiger partial charge in [-0.1, -0.05) is 54.6 Å². The monoisotopic (exact) mass is 414 g/mol. The van der Waals surface area contributed by atoms with E-state index >= 15 is 0 Å². The summed E-state index contributed by atoms with van der Waals surface area (Å²) < 4.78 is 0. The lowest BCUT2D eigenvalue weighted by Gasteiger charge is -2.29. The van der Waals surface area contributed by atoms with Crippen LogP contribution < -0.4 is 15.1 Å². The number of piperazine rings is 1. The van der Waals surface area contributed by atoms with Crippen LogP contribution in [0.2, 0.25) is 0 Å². The quantitative estimate of drug-likeness (QED) is 0.561. The Hall–Kier alpha value is -3.20. The number of rotatable bonds is 6. The first-order valence-corrected chi connectivity index (χ1v) is 11.1. The maximum atomic E-state index is 12.7. The van der Waals surface area contributed by atoms with Crippen LogP contribution in [0.4, 0.5) is 0 Å². The van der Waals surface area contributed by atoms with E-state index in [-0.39, 0.29) is 11.9 Å². The number of carbonyl (C=O) groups is 1. The predicted octanol–water partition coefficient (Wildman–Crippen LogP) is 0.872. The molecule has 3 N–H and O–H groups in total. The first-order chi connectivity index (χ1) is 15.1.